The van der Waals surface area contributed by atoms with Crippen molar-refractivity contribution in [3.63, 3.8) is 0 Å². The molecule has 0 spiro atoms. The van der Waals surface area contributed by atoms with E-state index in [0.717, 1.165) is 0 Å². The molecule has 0 aromatic heterocycles. The Morgan fingerprint density at radius 2 is 1.33 bits per heavy atom. The number of rotatable bonds is 4. The summed E-state index contributed by atoms with van der Waals surface area (Å²) in [6.45, 7) is 1.48. The Morgan fingerprint density at radius 1 is 1.08 bits per heavy atom. The van der Waals surface area contributed by atoms with Crippen LogP contribution in [0.25, 0.3) is 0 Å². The van der Waals surface area contributed by atoms with Gasteiger partial charge in [-0.25, -0.2) is 0 Å². The molecular formula is C6H10O4S2. The van der Waals surface area contributed by atoms with Gasteiger partial charge in [-0.15, -0.1) is 0 Å². The Bertz CT molecular complexity index is 174. The van der Waals surface area contributed by atoms with Crippen molar-refractivity contribution in [2.24, 2.45) is 5.92 Å². The van der Waals surface area contributed by atoms with Gasteiger partial charge in [-0.2, -0.15) is 25.3 Å². The fraction of sp³-hybridized carbons (Fsp3) is 0.667. The lowest BCUT2D eigenvalue weighted by molar-refractivity contribution is -0.139. The quantitative estimate of drug-likeness (QED) is 0.506. The lowest BCUT2D eigenvalue weighted by Gasteiger charge is -2.17. The van der Waals surface area contributed by atoms with Crippen LogP contribution in [0.5, 0.6) is 0 Å². The van der Waals surface area contributed by atoms with Gasteiger partial charge in [0.15, 0.2) is 0 Å². The molecule has 6 heteroatoms. The van der Waals surface area contributed by atoms with Crippen LogP contribution >= 0.6 is 25.3 Å². The molecule has 2 atom stereocenters. The van der Waals surface area contributed by atoms with Gasteiger partial charge in [0.25, 0.3) is 0 Å². The normalized spacial score (nSPS) is 17.9. The van der Waals surface area contributed by atoms with Gasteiger partial charge in [0.2, 0.25) is 0 Å². The van der Waals surface area contributed by atoms with Crippen molar-refractivity contribution in [3.05, 3.63) is 0 Å². The van der Waals surface area contributed by atoms with E-state index in [-0.39, 0.29) is 0 Å². The molecule has 0 bridgehead atoms. The van der Waals surface area contributed by atoms with Crippen molar-refractivity contribution in [2.45, 2.75) is 17.4 Å². The van der Waals surface area contributed by atoms with Crippen LogP contribution in [0.4, 0.5) is 0 Å². The third-order valence-electron chi connectivity index (χ3n) is 1.50. The Labute approximate surface area is 80.8 Å². The molecule has 70 valence electrons. The summed E-state index contributed by atoms with van der Waals surface area (Å²) in [6, 6.07) is 0. The molecule has 0 aromatic carbocycles. The van der Waals surface area contributed by atoms with Crippen LogP contribution in [-0.4, -0.2) is 32.7 Å². The molecule has 0 aromatic rings. The van der Waals surface area contributed by atoms with Crippen LogP contribution in [0.3, 0.4) is 0 Å². The van der Waals surface area contributed by atoms with Crippen molar-refractivity contribution in [3.8, 4) is 0 Å². The van der Waals surface area contributed by atoms with Gasteiger partial charge in [0.1, 0.15) is 10.5 Å². The van der Waals surface area contributed by atoms with Crippen LogP contribution in [0.2, 0.25) is 0 Å². The smallest absolute Gasteiger partial charge is 0.316 e. The predicted octanol–water partition coefficient (Wildman–Crippen LogP) is 0.388. The summed E-state index contributed by atoms with van der Waals surface area (Å²) in [5.41, 5.74) is 0. The van der Waals surface area contributed by atoms with E-state index in [4.69, 9.17) is 10.2 Å². The average molecular weight is 210 g/mol. The highest BCUT2D eigenvalue weighted by atomic mass is 32.1. The number of hydrogen-bond donors (Lipinski definition) is 4. The maximum atomic E-state index is 10.4. The highest BCUT2D eigenvalue weighted by Gasteiger charge is 2.30. The number of carbonyl (C=O) groups is 2. The van der Waals surface area contributed by atoms with Crippen LogP contribution in [0.15, 0.2) is 0 Å². The molecule has 0 amide bonds. The summed E-state index contributed by atoms with van der Waals surface area (Å²) in [4.78, 5) is 20.7. The fourth-order valence-electron chi connectivity index (χ4n) is 0.622. The molecule has 0 aliphatic heterocycles. The maximum Gasteiger partial charge on any atom is 0.316 e. The highest BCUT2D eigenvalue weighted by molar-refractivity contribution is 7.82. The van der Waals surface area contributed by atoms with Crippen molar-refractivity contribution in [1.82, 2.24) is 0 Å². The van der Waals surface area contributed by atoms with Crippen LogP contribution < -0.4 is 0 Å². The number of aliphatic carboxylic acids is 2. The van der Waals surface area contributed by atoms with Gasteiger partial charge in [-0.3, -0.25) is 9.59 Å². The minimum Gasteiger partial charge on any atom is -0.480 e. The van der Waals surface area contributed by atoms with Crippen LogP contribution in [0.1, 0.15) is 6.92 Å². The first-order valence-electron chi connectivity index (χ1n) is 3.19. The van der Waals surface area contributed by atoms with Crippen molar-refractivity contribution in [1.29, 1.82) is 0 Å². The third-order valence-corrected chi connectivity index (χ3v) is 2.88. The summed E-state index contributed by atoms with van der Waals surface area (Å²) in [6.07, 6.45) is 0. The SMILES string of the molecule is CC(C(S)C(=O)O)C(S)C(=O)O. The minimum atomic E-state index is -1.13. The van der Waals surface area contributed by atoms with Crippen LogP contribution in [0, 0.1) is 5.92 Å². The number of carboxylic acids is 2. The first-order chi connectivity index (χ1) is 5.37. The van der Waals surface area contributed by atoms with Gasteiger partial charge < -0.3 is 10.2 Å². The summed E-state index contributed by atoms with van der Waals surface area (Å²) >= 11 is 7.48. The van der Waals surface area contributed by atoms with Gasteiger partial charge >= 0.3 is 11.9 Å². The summed E-state index contributed by atoms with van der Waals surface area (Å²) in [7, 11) is 0. The van der Waals surface area contributed by atoms with Gasteiger partial charge in [0, 0.05) is 5.92 Å². The van der Waals surface area contributed by atoms with Gasteiger partial charge in [-0.1, -0.05) is 6.92 Å². The molecule has 4 nitrogen and oxygen atoms in total. The maximum absolute atomic E-state index is 10.4. The first-order valence-corrected chi connectivity index (χ1v) is 4.23. The molecule has 0 rings (SSSR count). The predicted molar refractivity (Wildman–Crippen MR) is 50.0 cm³/mol. The molecular weight excluding hydrogens is 200 g/mol. The second-order valence-corrected chi connectivity index (χ2v) is 3.54. The van der Waals surface area contributed by atoms with E-state index in [1.807, 2.05) is 0 Å². The lowest BCUT2D eigenvalue weighted by atomic mass is 10.0. The van der Waals surface area contributed by atoms with Gasteiger partial charge in [-0.05, 0) is 0 Å². The average Bonchev–Trinajstić information content (AvgIpc) is 2.00. The highest BCUT2D eigenvalue weighted by Crippen LogP contribution is 2.18. The first kappa shape index (κ1) is 11.6. The molecule has 0 aliphatic carbocycles. The largest absolute Gasteiger partial charge is 0.480 e. The third kappa shape index (κ3) is 2.94. The number of carboxylic acid groups (broad SMARTS) is 2. The Kier molecular flexibility index (Phi) is 4.47. The minimum absolute atomic E-state index is 0.619. The zero-order valence-electron chi connectivity index (χ0n) is 6.34. The van der Waals surface area contributed by atoms with E-state index in [9.17, 15) is 9.59 Å². The van der Waals surface area contributed by atoms with Crippen molar-refractivity contribution in [2.75, 3.05) is 0 Å². The molecule has 0 saturated carbocycles. The van der Waals surface area contributed by atoms with Gasteiger partial charge in [0.05, 0.1) is 0 Å². The van der Waals surface area contributed by atoms with Crippen molar-refractivity contribution >= 4 is 37.2 Å². The van der Waals surface area contributed by atoms with E-state index in [2.05, 4.69) is 25.3 Å². The fourth-order valence-corrected chi connectivity index (χ4v) is 1.10. The molecule has 2 N–H and O–H groups in total. The van der Waals surface area contributed by atoms with Crippen molar-refractivity contribution < 1.29 is 19.8 Å². The molecule has 2 unspecified atom stereocenters. The molecule has 0 saturated heterocycles. The molecule has 0 radical (unpaired) electrons. The molecule has 12 heavy (non-hydrogen) atoms. The summed E-state index contributed by atoms with van der Waals surface area (Å²) in [5.74, 6) is -2.89. The standard InChI is InChI=1S/C6H10O4S2/c1-2(3(11)5(7)8)4(12)6(9)10/h2-4,11-12H,1H3,(H,7,8)(H,9,10). The van der Waals surface area contributed by atoms with E-state index in [1.54, 1.807) is 0 Å². The Morgan fingerprint density at radius 3 is 1.50 bits per heavy atom. The lowest BCUT2D eigenvalue weighted by Crippen LogP contribution is -2.33. The van der Waals surface area contributed by atoms with E-state index in [0.29, 0.717) is 0 Å². The Hall–Kier alpha value is -0.360. The molecule has 0 heterocycles. The zero-order chi connectivity index (χ0) is 9.89. The second kappa shape index (κ2) is 4.61. The zero-order valence-corrected chi connectivity index (χ0v) is 8.13. The molecule has 0 fully saturated rings. The number of thiol groups is 2. The number of hydrogen-bond acceptors (Lipinski definition) is 4. The van der Waals surface area contributed by atoms with E-state index < -0.39 is 28.4 Å². The second-order valence-electron chi connectivity index (χ2n) is 2.43. The Balaban J connectivity index is 4.28. The topological polar surface area (TPSA) is 74.6 Å². The summed E-state index contributed by atoms with van der Waals surface area (Å²) in [5, 5.41) is 15.0. The molecule has 0 aliphatic rings. The summed E-state index contributed by atoms with van der Waals surface area (Å²) < 4.78 is 0. The van der Waals surface area contributed by atoms with E-state index >= 15 is 0 Å². The van der Waals surface area contributed by atoms with Crippen LogP contribution in [-0.2, 0) is 9.59 Å². The monoisotopic (exact) mass is 210 g/mol. The van der Waals surface area contributed by atoms with E-state index in [1.165, 1.54) is 6.92 Å².